The average molecular weight is 445 g/mol. The summed E-state index contributed by atoms with van der Waals surface area (Å²) >= 11 is 5.95. The van der Waals surface area contributed by atoms with Crippen LogP contribution in [0, 0.1) is 17.6 Å². The smallest absolute Gasteiger partial charge is 0.246 e. The van der Waals surface area contributed by atoms with Crippen LogP contribution in [0.5, 0.6) is 5.75 Å². The number of amides is 1. The molecular weight excluding hydrogens is 426 g/mol. The molecule has 0 spiro atoms. The first-order valence-corrected chi connectivity index (χ1v) is 10.6. The standard InChI is InChI=1S/C19H19ClF2N2O4S/c1-28-17-7-4-13(20)9-18(17)29(26,27)24-8-2-3-12(11-24)19(25)23-16-10-14(21)5-6-15(16)22/h4-7,9-10,12H,2-3,8,11H2,1H3,(H,23,25)/t12-/m0/s1. The van der Waals surface area contributed by atoms with Crippen molar-refractivity contribution in [2.75, 3.05) is 25.5 Å². The normalized spacial score (nSPS) is 17.7. The molecule has 0 unspecified atom stereocenters. The maximum atomic E-state index is 13.8. The van der Waals surface area contributed by atoms with E-state index in [4.69, 9.17) is 16.3 Å². The Morgan fingerprint density at radius 2 is 2.00 bits per heavy atom. The Hall–Kier alpha value is -2.23. The molecule has 0 aromatic heterocycles. The Balaban J connectivity index is 1.80. The van der Waals surface area contributed by atoms with Gasteiger partial charge in [-0.1, -0.05) is 11.6 Å². The predicted octanol–water partition coefficient (Wildman–Crippen LogP) is 3.67. The van der Waals surface area contributed by atoms with Gasteiger partial charge >= 0.3 is 0 Å². The molecule has 1 aliphatic heterocycles. The monoisotopic (exact) mass is 444 g/mol. The van der Waals surface area contributed by atoms with Crippen molar-refractivity contribution < 1.29 is 26.7 Å². The molecule has 3 rings (SSSR count). The maximum Gasteiger partial charge on any atom is 0.246 e. The minimum absolute atomic E-state index is 0.0928. The van der Waals surface area contributed by atoms with Crippen LogP contribution in [-0.2, 0) is 14.8 Å². The second-order valence-corrected chi connectivity index (χ2v) is 8.95. The second-order valence-electron chi connectivity index (χ2n) is 6.61. The summed E-state index contributed by atoms with van der Waals surface area (Å²) in [7, 11) is -2.62. The third-order valence-corrected chi connectivity index (χ3v) is 6.81. The summed E-state index contributed by atoms with van der Waals surface area (Å²) in [6.07, 6.45) is 0.854. The summed E-state index contributed by atoms with van der Waals surface area (Å²) in [5.41, 5.74) is -0.286. The summed E-state index contributed by atoms with van der Waals surface area (Å²) in [5, 5.41) is 2.58. The van der Waals surface area contributed by atoms with Crippen molar-refractivity contribution in [2.24, 2.45) is 5.92 Å². The molecule has 1 amide bonds. The fraction of sp³-hybridized carbons (Fsp3) is 0.316. The van der Waals surface area contributed by atoms with Gasteiger partial charge < -0.3 is 10.1 Å². The number of rotatable bonds is 5. The summed E-state index contributed by atoms with van der Waals surface area (Å²) < 4.78 is 59.6. The molecule has 1 fully saturated rings. The van der Waals surface area contributed by atoms with E-state index in [0.29, 0.717) is 12.8 Å². The molecule has 1 atom stereocenters. The third kappa shape index (κ3) is 4.68. The van der Waals surface area contributed by atoms with Crippen LogP contribution in [0.4, 0.5) is 14.5 Å². The Morgan fingerprint density at radius 1 is 1.24 bits per heavy atom. The average Bonchev–Trinajstić information content (AvgIpc) is 2.70. The highest BCUT2D eigenvalue weighted by Crippen LogP contribution is 2.32. The van der Waals surface area contributed by atoms with Crippen LogP contribution in [-0.4, -0.2) is 38.8 Å². The maximum absolute atomic E-state index is 13.8. The molecule has 1 N–H and O–H groups in total. The van der Waals surface area contributed by atoms with Crippen molar-refractivity contribution in [2.45, 2.75) is 17.7 Å². The van der Waals surface area contributed by atoms with Crippen molar-refractivity contribution in [3.05, 3.63) is 53.1 Å². The van der Waals surface area contributed by atoms with E-state index in [-0.39, 0.29) is 34.4 Å². The van der Waals surface area contributed by atoms with E-state index in [9.17, 15) is 22.0 Å². The number of hydrogen-bond acceptors (Lipinski definition) is 4. The predicted molar refractivity (Wildman–Crippen MR) is 104 cm³/mol. The molecule has 0 bridgehead atoms. The lowest BCUT2D eigenvalue weighted by atomic mass is 9.98. The largest absolute Gasteiger partial charge is 0.495 e. The Morgan fingerprint density at radius 3 is 2.72 bits per heavy atom. The number of ether oxygens (including phenoxy) is 1. The Bertz CT molecular complexity index is 1030. The number of methoxy groups -OCH3 is 1. The molecule has 2 aromatic carbocycles. The van der Waals surface area contributed by atoms with Gasteiger partial charge in [0.2, 0.25) is 15.9 Å². The van der Waals surface area contributed by atoms with Gasteiger partial charge in [-0.15, -0.1) is 0 Å². The van der Waals surface area contributed by atoms with E-state index in [1.54, 1.807) is 0 Å². The first kappa shape index (κ1) is 21.5. The lowest BCUT2D eigenvalue weighted by molar-refractivity contribution is -0.120. The number of nitrogens with zero attached hydrogens (tertiary/aromatic N) is 1. The number of sulfonamides is 1. The number of halogens is 3. The topological polar surface area (TPSA) is 75.7 Å². The van der Waals surface area contributed by atoms with Gasteiger partial charge in [-0.05, 0) is 43.2 Å². The van der Waals surface area contributed by atoms with Gasteiger partial charge in [-0.25, -0.2) is 17.2 Å². The van der Waals surface area contributed by atoms with Gasteiger partial charge in [0.05, 0.1) is 18.7 Å². The van der Waals surface area contributed by atoms with Gasteiger partial charge in [0, 0.05) is 24.2 Å². The fourth-order valence-electron chi connectivity index (χ4n) is 3.19. The van der Waals surface area contributed by atoms with Crippen LogP contribution in [0.3, 0.4) is 0 Å². The van der Waals surface area contributed by atoms with Crippen molar-refractivity contribution >= 4 is 33.2 Å². The molecule has 1 heterocycles. The SMILES string of the molecule is COc1ccc(Cl)cc1S(=O)(=O)N1CCC[C@H](C(=O)Nc2cc(F)ccc2F)C1. The van der Waals surface area contributed by atoms with Gasteiger partial charge in [-0.3, -0.25) is 4.79 Å². The van der Waals surface area contributed by atoms with Crippen LogP contribution in [0.25, 0.3) is 0 Å². The Labute approximate surface area is 172 Å². The number of piperidine rings is 1. The molecule has 156 valence electrons. The zero-order valence-corrected chi connectivity index (χ0v) is 17.1. The zero-order chi connectivity index (χ0) is 21.2. The van der Waals surface area contributed by atoms with Crippen LogP contribution < -0.4 is 10.1 Å². The molecule has 1 aliphatic rings. The number of benzene rings is 2. The first-order chi connectivity index (χ1) is 13.7. The molecule has 6 nitrogen and oxygen atoms in total. The van der Waals surface area contributed by atoms with Crippen LogP contribution in [0.2, 0.25) is 5.02 Å². The van der Waals surface area contributed by atoms with Crippen LogP contribution >= 0.6 is 11.6 Å². The molecule has 10 heteroatoms. The van der Waals surface area contributed by atoms with E-state index < -0.39 is 33.5 Å². The van der Waals surface area contributed by atoms with Crippen molar-refractivity contribution in [3.8, 4) is 5.75 Å². The number of hydrogen-bond donors (Lipinski definition) is 1. The highest BCUT2D eigenvalue weighted by atomic mass is 35.5. The minimum atomic E-state index is -3.97. The van der Waals surface area contributed by atoms with E-state index in [0.717, 1.165) is 18.2 Å². The lowest BCUT2D eigenvalue weighted by Gasteiger charge is -2.31. The molecular formula is C19H19ClF2N2O4S. The molecule has 0 saturated carbocycles. The fourth-order valence-corrected chi connectivity index (χ4v) is 5.14. The number of nitrogens with one attached hydrogen (secondary N) is 1. The first-order valence-electron chi connectivity index (χ1n) is 8.82. The van der Waals surface area contributed by atoms with Crippen molar-refractivity contribution in [1.82, 2.24) is 4.31 Å². The molecule has 2 aromatic rings. The summed E-state index contributed by atoms with van der Waals surface area (Å²) in [6.45, 7) is 0.122. The summed E-state index contributed by atoms with van der Waals surface area (Å²) in [5.74, 6) is -2.62. The van der Waals surface area contributed by atoms with Gasteiger partial charge in [0.25, 0.3) is 0 Å². The van der Waals surface area contributed by atoms with Gasteiger partial charge in [0.1, 0.15) is 22.3 Å². The quantitative estimate of drug-likeness (QED) is 0.763. The van der Waals surface area contributed by atoms with Crippen molar-refractivity contribution in [3.63, 3.8) is 0 Å². The van der Waals surface area contributed by atoms with E-state index in [2.05, 4.69) is 5.32 Å². The lowest BCUT2D eigenvalue weighted by Crippen LogP contribution is -2.43. The van der Waals surface area contributed by atoms with Gasteiger partial charge in [-0.2, -0.15) is 4.31 Å². The number of carbonyl (C=O) groups is 1. The molecule has 1 saturated heterocycles. The molecule has 0 radical (unpaired) electrons. The third-order valence-electron chi connectivity index (χ3n) is 4.68. The van der Waals surface area contributed by atoms with Crippen molar-refractivity contribution in [1.29, 1.82) is 0 Å². The molecule has 0 aliphatic carbocycles. The second kappa shape index (κ2) is 8.64. The zero-order valence-electron chi connectivity index (χ0n) is 15.5. The highest BCUT2D eigenvalue weighted by Gasteiger charge is 2.35. The highest BCUT2D eigenvalue weighted by molar-refractivity contribution is 7.89. The summed E-state index contributed by atoms with van der Waals surface area (Å²) in [6, 6.07) is 6.99. The van der Waals surface area contributed by atoms with E-state index >= 15 is 0 Å². The van der Waals surface area contributed by atoms with E-state index in [1.807, 2.05) is 0 Å². The number of anilines is 1. The summed E-state index contributed by atoms with van der Waals surface area (Å²) in [4.78, 5) is 12.5. The van der Waals surface area contributed by atoms with Crippen LogP contribution in [0.15, 0.2) is 41.3 Å². The molecule has 29 heavy (non-hydrogen) atoms. The van der Waals surface area contributed by atoms with Gasteiger partial charge in [0.15, 0.2) is 0 Å². The van der Waals surface area contributed by atoms with Crippen LogP contribution in [0.1, 0.15) is 12.8 Å². The number of carbonyl (C=O) groups excluding carboxylic acids is 1. The Kier molecular flexibility index (Phi) is 6.40. The minimum Gasteiger partial charge on any atom is -0.495 e. The van der Waals surface area contributed by atoms with E-state index in [1.165, 1.54) is 29.6 Å².